The van der Waals surface area contributed by atoms with Gasteiger partial charge >= 0.3 is 0 Å². The average molecular weight is 226 g/mol. The van der Waals surface area contributed by atoms with Crippen molar-refractivity contribution in [3.63, 3.8) is 0 Å². The maximum Gasteiger partial charge on any atom is 0.224 e. The number of hydrogen-bond acceptors (Lipinski definition) is 2. The molecule has 1 fully saturated rings. The van der Waals surface area contributed by atoms with E-state index < -0.39 is 0 Å². The molecule has 16 heavy (non-hydrogen) atoms. The fraction of sp³-hybridized carbons (Fsp3) is 0.923. The quantitative estimate of drug-likeness (QED) is 0.769. The van der Waals surface area contributed by atoms with Crippen molar-refractivity contribution in [2.24, 2.45) is 23.5 Å². The van der Waals surface area contributed by atoms with Crippen molar-refractivity contribution < 1.29 is 4.79 Å². The molecule has 0 radical (unpaired) electrons. The van der Waals surface area contributed by atoms with Crippen molar-refractivity contribution in [1.82, 2.24) is 5.32 Å². The predicted molar refractivity (Wildman–Crippen MR) is 66.9 cm³/mol. The standard InChI is InChI=1S/C13H26N2O/c1-9(2)10(3)8-15-13(16)11-6-4-5-7-12(11)14/h9-12H,4-8,14H2,1-3H3,(H,15,16). The first-order valence-corrected chi connectivity index (χ1v) is 6.55. The van der Waals surface area contributed by atoms with E-state index in [1.807, 2.05) is 0 Å². The molecule has 0 bridgehead atoms. The Morgan fingerprint density at radius 3 is 2.50 bits per heavy atom. The third-order valence-corrected chi connectivity index (χ3v) is 3.89. The number of nitrogens with one attached hydrogen (secondary N) is 1. The second-order valence-corrected chi connectivity index (χ2v) is 5.52. The van der Waals surface area contributed by atoms with E-state index in [1.54, 1.807) is 0 Å². The van der Waals surface area contributed by atoms with Crippen LogP contribution in [0.5, 0.6) is 0 Å². The molecule has 1 aliphatic carbocycles. The summed E-state index contributed by atoms with van der Waals surface area (Å²) in [5.74, 6) is 1.36. The number of nitrogens with two attached hydrogens (primary N) is 1. The Morgan fingerprint density at radius 1 is 1.31 bits per heavy atom. The van der Waals surface area contributed by atoms with Crippen LogP contribution in [0, 0.1) is 17.8 Å². The SMILES string of the molecule is CC(C)C(C)CNC(=O)C1CCCCC1N. The Hall–Kier alpha value is -0.570. The van der Waals surface area contributed by atoms with Gasteiger partial charge in [-0.05, 0) is 24.7 Å². The Bertz CT molecular complexity index is 228. The molecule has 1 saturated carbocycles. The number of amides is 1. The molecule has 0 aromatic heterocycles. The van der Waals surface area contributed by atoms with E-state index >= 15 is 0 Å². The van der Waals surface area contributed by atoms with Gasteiger partial charge in [-0.25, -0.2) is 0 Å². The molecule has 1 aliphatic rings. The largest absolute Gasteiger partial charge is 0.356 e. The minimum Gasteiger partial charge on any atom is -0.356 e. The maximum atomic E-state index is 11.9. The number of rotatable bonds is 4. The molecule has 3 atom stereocenters. The van der Waals surface area contributed by atoms with Crippen LogP contribution in [0.25, 0.3) is 0 Å². The van der Waals surface area contributed by atoms with Crippen LogP contribution in [0.2, 0.25) is 0 Å². The molecule has 1 rings (SSSR count). The molecule has 0 saturated heterocycles. The van der Waals surface area contributed by atoms with Crippen LogP contribution in [0.15, 0.2) is 0 Å². The van der Waals surface area contributed by atoms with Crippen LogP contribution in [-0.4, -0.2) is 18.5 Å². The monoisotopic (exact) mass is 226 g/mol. The van der Waals surface area contributed by atoms with E-state index in [0.717, 1.165) is 25.8 Å². The fourth-order valence-electron chi connectivity index (χ4n) is 2.11. The van der Waals surface area contributed by atoms with E-state index in [1.165, 1.54) is 6.42 Å². The minimum absolute atomic E-state index is 0.0492. The highest BCUT2D eigenvalue weighted by molar-refractivity contribution is 5.79. The van der Waals surface area contributed by atoms with Crippen molar-refractivity contribution in [2.75, 3.05) is 6.54 Å². The summed E-state index contributed by atoms with van der Waals surface area (Å²) in [5.41, 5.74) is 5.99. The highest BCUT2D eigenvalue weighted by atomic mass is 16.1. The van der Waals surface area contributed by atoms with Gasteiger partial charge in [0, 0.05) is 12.6 Å². The lowest BCUT2D eigenvalue weighted by Crippen LogP contribution is -2.44. The van der Waals surface area contributed by atoms with Gasteiger partial charge in [-0.1, -0.05) is 33.6 Å². The van der Waals surface area contributed by atoms with Crippen LogP contribution < -0.4 is 11.1 Å². The lowest BCUT2D eigenvalue weighted by atomic mass is 9.84. The molecule has 3 N–H and O–H groups in total. The highest BCUT2D eigenvalue weighted by Crippen LogP contribution is 2.23. The van der Waals surface area contributed by atoms with E-state index in [9.17, 15) is 4.79 Å². The summed E-state index contributed by atoms with van der Waals surface area (Å²) in [5, 5.41) is 3.04. The minimum atomic E-state index is 0.0492. The van der Waals surface area contributed by atoms with Gasteiger partial charge in [-0.3, -0.25) is 4.79 Å². The van der Waals surface area contributed by atoms with Crippen molar-refractivity contribution in [1.29, 1.82) is 0 Å². The van der Waals surface area contributed by atoms with Crippen molar-refractivity contribution in [2.45, 2.75) is 52.5 Å². The highest BCUT2D eigenvalue weighted by Gasteiger charge is 2.28. The molecule has 0 aromatic carbocycles. The molecule has 3 nitrogen and oxygen atoms in total. The van der Waals surface area contributed by atoms with E-state index in [0.29, 0.717) is 11.8 Å². The van der Waals surface area contributed by atoms with Crippen LogP contribution in [0.1, 0.15) is 46.5 Å². The second-order valence-electron chi connectivity index (χ2n) is 5.52. The molecular formula is C13H26N2O. The fourth-order valence-corrected chi connectivity index (χ4v) is 2.11. The number of hydrogen-bond donors (Lipinski definition) is 2. The smallest absolute Gasteiger partial charge is 0.224 e. The summed E-state index contributed by atoms with van der Waals surface area (Å²) < 4.78 is 0. The summed E-state index contributed by atoms with van der Waals surface area (Å²) in [4.78, 5) is 11.9. The molecule has 1 amide bonds. The second kappa shape index (κ2) is 6.24. The lowest BCUT2D eigenvalue weighted by molar-refractivity contribution is -0.126. The molecular weight excluding hydrogens is 200 g/mol. The molecule has 3 heteroatoms. The number of carbonyl (C=O) groups is 1. The average Bonchev–Trinajstić information content (AvgIpc) is 2.25. The van der Waals surface area contributed by atoms with Gasteiger partial charge in [0.25, 0.3) is 0 Å². The molecule has 0 spiro atoms. The van der Waals surface area contributed by atoms with Gasteiger partial charge in [0.05, 0.1) is 5.92 Å². The molecule has 3 unspecified atom stereocenters. The number of carbonyl (C=O) groups excluding carboxylic acids is 1. The third kappa shape index (κ3) is 3.78. The Labute approximate surface area is 99.2 Å². The van der Waals surface area contributed by atoms with Crippen molar-refractivity contribution >= 4 is 5.91 Å². The van der Waals surface area contributed by atoms with Crippen LogP contribution in [0.4, 0.5) is 0 Å². The van der Waals surface area contributed by atoms with Crippen LogP contribution >= 0.6 is 0 Å². The van der Waals surface area contributed by atoms with Gasteiger partial charge in [0.15, 0.2) is 0 Å². The van der Waals surface area contributed by atoms with Crippen LogP contribution in [0.3, 0.4) is 0 Å². The van der Waals surface area contributed by atoms with E-state index in [4.69, 9.17) is 5.73 Å². The van der Waals surface area contributed by atoms with Crippen molar-refractivity contribution in [3.05, 3.63) is 0 Å². The van der Waals surface area contributed by atoms with Gasteiger partial charge < -0.3 is 11.1 Å². The molecule has 0 aromatic rings. The molecule has 0 heterocycles. The van der Waals surface area contributed by atoms with Gasteiger partial charge in [0.1, 0.15) is 0 Å². The Balaban J connectivity index is 2.33. The third-order valence-electron chi connectivity index (χ3n) is 3.89. The normalized spacial score (nSPS) is 27.8. The maximum absolute atomic E-state index is 11.9. The molecule has 94 valence electrons. The molecule has 0 aliphatic heterocycles. The van der Waals surface area contributed by atoms with E-state index in [2.05, 4.69) is 26.1 Å². The Morgan fingerprint density at radius 2 is 1.94 bits per heavy atom. The zero-order chi connectivity index (χ0) is 12.1. The summed E-state index contributed by atoms with van der Waals surface area (Å²) >= 11 is 0. The van der Waals surface area contributed by atoms with Gasteiger partial charge in [0.2, 0.25) is 5.91 Å². The summed E-state index contributed by atoms with van der Waals surface area (Å²) in [6.45, 7) is 7.32. The van der Waals surface area contributed by atoms with Gasteiger partial charge in [-0.15, -0.1) is 0 Å². The van der Waals surface area contributed by atoms with E-state index in [-0.39, 0.29) is 17.9 Å². The summed E-state index contributed by atoms with van der Waals surface area (Å²) in [6, 6.07) is 0.0723. The lowest BCUT2D eigenvalue weighted by Gasteiger charge is -2.28. The predicted octanol–water partition coefficient (Wildman–Crippen LogP) is 1.91. The van der Waals surface area contributed by atoms with Crippen molar-refractivity contribution in [3.8, 4) is 0 Å². The summed E-state index contributed by atoms with van der Waals surface area (Å²) in [6.07, 6.45) is 4.28. The summed E-state index contributed by atoms with van der Waals surface area (Å²) in [7, 11) is 0. The Kier molecular flexibility index (Phi) is 5.26. The zero-order valence-electron chi connectivity index (χ0n) is 10.8. The first-order valence-electron chi connectivity index (χ1n) is 6.55. The first kappa shape index (κ1) is 13.5. The van der Waals surface area contributed by atoms with Crippen LogP contribution in [-0.2, 0) is 4.79 Å². The van der Waals surface area contributed by atoms with Gasteiger partial charge in [-0.2, -0.15) is 0 Å². The first-order chi connectivity index (χ1) is 7.52. The zero-order valence-corrected chi connectivity index (χ0v) is 10.8. The topological polar surface area (TPSA) is 55.1 Å².